The van der Waals surface area contributed by atoms with Crippen molar-refractivity contribution in [3.05, 3.63) is 198 Å². The topological polar surface area (TPSA) is 3.24 Å². The van der Waals surface area contributed by atoms with Crippen molar-refractivity contribution >= 4 is 49.4 Å². The molecular formula is C54H41N. The molecule has 0 spiro atoms. The van der Waals surface area contributed by atoms with Crippen LogP contribution in [0.15, 0.2) is 176 Å². The molecule has 0 atom stereocenters. The van der Waals surface area contributed by atoms with Crippen LogP contribution in [0.25, 0.3) is 65.7 Å². The maximum absolute atomic E-state index is 2.59. The van der Waals surface area contributed by atoms with Crippen LogP contribution in [-0.2, 0) is 10.8 Å². The summed E-state index contributed by atoms with van der Waals surface area (Å²) in [4.78, 5) is 2.59. The third-order valence-corrected chi connectivity index (χ3v) is 12.8. The fourth-order valence-electron chi connectivity index (χ4n) is 10.1. The average molecular weight is 704 g/mol. The lowest BCUT2D eigenvalue weighted by Crippen LogP contribution is -2.18. The SMILES string of the molecule is CC1(C)c2ccccc2-c2ccc(N(c3cc4c5ccccc5c5ccccc5c4cc3-c3ccccc3)c3cccc4c3-c3ccccc3C4(C)C)cc21. The minimum absolute atomic E-state index is 0.129. The maximum atomic E-state index is 2.59. The van der Waals surface area contributed by atoms with Crippen molar-refractivity contribution in [2.75, 3.05) is 4.90 Å². The molecule has 0 heterocycles. The van der Waals surface area contributed by atoms with Gasteiger partial charge in [0.25, 0.3) is 0 Å². The summed E-state index contributed by atoms with van der Waals surface area (Å²) in [6, 6.07) is 66.0. The number of hydrogen-bond donors (Lipinski definition) is 0. The lowest BCUT2D eigenvalue weighted by molar-refractivity contribution is 0.660. The summed E-state index contributed by atoms with van der Waals surface area (Å²) >= 11 is 0. The first-order valence-corrected chi connectivity index (χ1v) is 19.5. The van der Waals surface area contributed by atoms with Gasteiger partial charge in [-0.05, 0) is 107 Å². The van der Waals surface area contributed by atoms with Crippen LogP contribution in [-0.4, -0.2) is 0 Å². The van der Waals surface area contributed by atoms with E-state index in [0.29, 0.717) is 0 Å². The fraction of sp³-hybridized carbons (Fsp3) is 0.111. The van der Waals surface area contributed by atoms with Gasteiger partial charge in [0.1, 0.15) is 0 Å². The van der Waals surface area contributed by atoms with Crippen molar-refractivity contribution < 1.29 is 0 Å². The second-order valence-electron chi connectivity index (χ2n) is 16.5. The fourth-order valence-corrected chi connectivity index (χ4v) is 10.1. The van der Waals surface area contributed by atoms with E-state index in [1.165, 1.54) is 99.3 Å². The minimum Gasteiger partial charge on any atom is -0.309 e. The van der Waals surface area contributed by atoms with Crippen LogP contribution in [0.4, 0.5) is 17.1 Å². The first kappa shape index (κ1) is 32.0. The first-order chi connectivity index (χ1) is 26.8. The standard InChI is InChI=1S/C54H41N/c1-53(2)47-26-15-13-24-42(47)52-48(53)27-16-28-50(52)55(35-29-30-41-40-23-12-14-25-46(40)54(3,4)49(41)31-35)51-33-45-39-22-11-9-20-37(39)36-19-8-10-21-38(36)44(45)32-43(51)34-17-6-5-7-18-34/h5-33H,1-4H3. The molecule has 9 aromatic rings. The summed E-state index contributed by atoms with van der Waals surface area (Å²) < 4.78 is 0. The highest BCUT2D eigenvalue weighted by Gasteiger charge is 2.39. The van der Waals surface area contributed by atoms with Crippen LogP contribution >= 0.6 is 0 Å². The quantitative estimate of drug-likeness (QED) is 0.165. The molecular weight excluding hydrogens is 663 g/mol. The molecule has 2 aliphatic carbocycles. The zero-order valence-electron chi connectivity index (χ0n) is 31.7. The van der Waals surface area contributed by atoms with Gasteiger partial charge in [-0.2, -0.15) is 0 Å². The van der Waals surface area contributed by atoms with Gasteiger partial charge >= 0.3 is 0 Å². The second-order valence-corrected chi connectivity index (χ2v) is 16.5. The molecule has 0 amide bonds. The van der Waals surface area contributed by atoms with Crippen LogP contribution < -0.4 is 4.90 Å². The summed E-state index contributed by atoms with van der Waals surface area (Å²) in [5.74, 6) is 0. The number of benzene rings is 9. The Morgan fingerprint density at radius 2 is 0.836 bits per heavy atom. The highest BCUT2D eigenvalue weighted by molar-refractivity contribution is 6.27. The molecule has 1 heteroatoms. The molecule has 9 aromatic carbocycles. The van der Waals surface area contributed by atoms with Crippen molar-refractivity contribution in [3.63, 3.8) is 0 Å². The predicted molar refractivity (Wildman–Crippen MR) is 234 cm³/mol. The highest BCUT2D eigenvalue weighted by Crippen LogP contribution is 2.57. The molecule has 0 saturated heterocycles. The Labute approximate surface area is 323 Å². The van der Waals surface area contributed by atoms with Crippen LogP contribution in [0.2, 0.25) is 0 Å². The molecule has 0 bridgehead atoms. The van der Waals surface area contributed by atoms with Gasteiger partial charge in [-0.25, -0.2) is 0 Å². The molecule has 0 aliphatic heterocycles. The molecule has 2 aliphatic rings. The largest absolute Gasteiger partial charge is 0.309 e. The molecule has 0 N–H and O–H groups in total. The molecule has 0 aromatic heterocycles. The summed E-state index contributed by atoms with van der Waals surface area (Å²) in [6.45, 7) is 9.52. The van der Waals surface area contributed by atoms with Gasteiger partial charge in [-0.3, -0.25) is 0 Å². The van der Waals surface area contributed by atoms with Crippen LogP contribution in [0.1, 0.15) is 49.9 Å². The molecule has 0 fully saturated rings. The predicted octanol–water partition coefficient (Wildman–Crippen LogP) is 14.9. The summed E-state index contributed by atoms with van der Waals surface area (Å²) in [5.41, 5.74) is 16.5. The Balaban J connectivity index is 1.29. The minimum atomic E-state index is -0.137. The molecule has 0 unspecified atom stereocenters. The van der Waals surface area contributed by atoms with Crippen LogP contribution in [0.5, 0.6) is 0 Å². The van der Waals surface area contributed by atoms with E-state index in [9.17, 15) is 0 Å². The third-order valence-electron chi connectivity index (χ3n) is 12.8. The van der Waals surface area contributed by atoms with Gasteiger partial charge in [0.05, 0.1) is 11.4 Å². The van der Waals surface area contributed by atoms with E-state index in [2.05, 4.69) is 209 Å². The van der Waals surface area contributed by atoms with Crippen molar-refractivity contribution in [2.24, 2.45) is 0 Å². The highest BCUT2D eigenvalue weighted by atomic mass is 15.1. The monoisotopic (exact) mass is 703 g/mol. The van der Waals surface area contributed by atoms with E-state index >= 15 is 0 Å². The Kier molecular flexibility index (Phi) is 6.72. The van der Waals surface area contributed by atoms with Crippen molar-refractivity contribution in [2.45, 2.75) is 38.5 Å². The number of hydrogen-bond acceptors (Lipinski definition) is 1. The Morgan fingerprint density at radius 1 is 0.327 bits per heavy atom. The van der Waals surface area contributed by atoms with E-state index in [1.807, 2.05) is 0 Å². The van der Waals surface area contributed by atoms with E-state index in [0.717, 1.165) is 5.69 Å². The lowest BCUT2D eigenvalue weighted by atomic mass is 9.82. The Morgan fingerprint density at radius 3 is 1.53 bits per heavy atom. The molecule has 1 nitrogen and oxygen atoms in total. The summed E-state index contributed by atoms with van der Waals surface area (Å²) in [7, 11) is 0. The van der Waals surface area contributed by atoms with Gasteiger partial charge in [0, 0.05) is 27.6 Å². The van der Waals surface area contributed by atoms with Gasteiger partial charge in [0.2, 0.25) is 0 Å². The molecule has 11 rings (SSSR count). The Bertz CT molecular complexity index is 3040. The van der Waals surface area contributed by atoms with E-state index in [1.54, 1.807) is 0 Å². The number of rotatable bonds is 4. The number of nitrogens with zero attached hydrogens (tertiary/aromatic N) is 1. The molecule has 0 saturated carbocycles. The molecule has 55 heavy (non-hydrogen) atoms. The molecule has 262 valence electrons. The van der Waals surface area contributed by atoms with Gasteiger partial charge < -0.3 is 4.90 Å². The summed E-state index contributed by atoms with van der Waals surface area (Å²) in [5, 5.41) is 7.65. The van der Waals surface area contributed by atoms with Crippen molar-refractivity contribution in [3.8, 4) is 33.4 Å². The zero-order valence-corrected chi connectivity index (χ0v) is 31.7. The second kappa shape index (κ2) is 11.5. The summed E-state index contributed by atoms with van der Waals surface area (Å²) in [6.07, 6.45) is 0. The van der Waals surface area contributed by atoms with E-state index < -0.39 is 0 Å². The van der Waals surface area contributed by atoms with Gasteiger partial charge in [-0.1, -0.05) is 173 Å². The van der Waals surface area contributed by atoms with E-state index in [4.69, 9.17) is 0 Å². The van der Waals surface area contributed by atoms with Gasteiger partial charge in [-0.15, -0.1) is 0 Å². The Hall–Kier alpha value is -6.44. The van der Waals surface area contributed by atoms with Crippen LogP contribution in [0, 0.1) is 0 Å². The number of anilines is 3. The van der Waals surface area contributed by atoms with Crippen molar-refractivity contribution in [1.29, 1.82) is 0 Å². The van der Waals surface area contributed by atoms with Crippen molar-refractivity contribution in [1.82, 2.24) is 0 Å². The van der Waals surface area contributed by atoms with E-state index in [-0.39, 0.29) is 10.8 Å². The smallest absolute Gasteiger partial charge is 0.0546 e. The maximum Gasteiger partial charge on any atom is 0.0546 e. The van der Waals surface area contributed by atoms with Gasteiger partial charge in [0.15, 0.2) is 0 Å². The number of fused-ring (bicyclic) bond motifs is 12. The molecule has 0 radical (unpaired) electrons. The normalized spacial score (nSPS) is 14.5. The lowest BCUT2D eigenvalue weighted by Gasteiger charge is -2.32. The average Bonchev–Trinajstić information content (AvgIpc) is 3.61. The zero-order chi connectivity index (χ0) is 37.1. The van der Waals surface area contributed by atoms with Crippen LogP contribution in [0.3, 0.4) is 0 Å². The third kappa shape index (κ3) is 4.47. The first-order valence-electron chi connectivity index (χ1n) is 19.5.